The highest BCUT2D eigenvalue weighted by molar-refractivity contribution is 8.09. The van der Waals surface area contributed by atoms with E-state index in [2.05, 4.69) is 20.3 Å². The van der Waals surface area contributed by atoms with Gasteiger partial charge in [-0.15, -0.1) is 0 Å². The molecule has 0 aliphatic heterocycles. The SMILES string of the molecule is Cc1nc(C(=O)NC(N)=NCCCCc2ccc(N(S(C)(=O)=O)S(C)(=O)=O)cc2)c(N)nc1N. The number of benzene rings is 1. The molecule has 15 heteroatoms. The number of aryl methyl sites for hydroxylation is 2. The normalized spacial score (nSPS) is 12.4. The number of hydrogen-bond donors (Lipinski definition) is 4. The number of guanidine groups is 1. The predicted octanol–water partition coefficient (Wildman–Crippen LogP) is -0.258. The van der Waals surface area contributed by atoms with Crippen LogP contribution in [0.15, 0.2) is 29.3 Å². The van der Waals surface area contributed by atoms with Crippen molar-refractivity contribution in [3.63, 3.8) is 0 Å². The zero-order valence-electron chi connectivity index (χ0n) is 19.0. The van der Waals surface area contributed by atoms with Crippen LogP contribution in [0, 0.1) is 6.92 Å². The van der Waals surface area contributed by atoms with Crippen LogP contribution in [-0.2, 0) is 26.5 Å². The maximum atomic E-state index is 12.2. The van der Waals surface area contributed by atoms with Gasteiger partial charge in [-0.1, -0.05) is 12.1 Å². The lowest BCUT2D eigenvalue weighted by atomic mass is 10.1. The van der Waals surface area contributed by atoms with Gasteiger partial charge in [-0.2, -0.15) is 3.71 Å². The molecule has 1 amide bonds. The molecule has 34 heavy (non-hydrogen) atoms. The average molecular weight is 513 g/mol. The lowest BCUT2D eigenvalue weighted by Crippen LogP contribution is -2.38. The van der Waals surface area contributed by atoms with E-state index in [4.69, 9.17) is 17.2 Å². The van der Waals surface area contributed by atoms with E-state index in [1.54, 1.807) is 19.1 Å². The van der Waals surface area contributed by atoms with Gasteiger partial charge in [0.05, 0.1) is 23.9 Å². The van der Waals surface area contributed by atoms with Crippen LogP contribution in [0.2, 0.25) is 0 Å². The van der Waals surface area contributed by atoms with Crippen LogP contribution in [0.25, 0.3) is 0 Å². The van der Waals surface area contributed by atoms with Gasteiger partial charge in [0.25, 0.3) is 5.91 Å². The van der Waals surface area contributed by atoms with Crippen LogP contribution in [0.3, 0.4) is 0 Å². The first kappa shape index (κ1) is 26.8. The first-order valence-corrected chi connectivity index (χ1v) is 13.7. The summed E-state index contributed by atoms with van der Waals surface area (Å²) in [6.45, 7) is 1.94. The third-order valence-corrected chi connectivity index (χ3v) is 7.75. The molecule has 0 saturated heterocycles. The third-order valence-electron chi connectivity index (χ3n) is 4.50. The highest BCUT2D eigenvalue weighted by Crippen LogP contribution is 2.22. The number of hydrogen-bond acceptors (Lipinski definition) is 10. The summed E-state index contributed by atoms with van der Waals surface area (Å²) in [5.74, 6) is -0.720. The lowest BCUT2D eigenvalue weighted by molar-refractivity contribution is 0.0972. The number of nitrogens with zero attached hydrogens (tertiary/aromatic N) is 4. The van der Waals surface area contributed by atoms with E-state index in [0.717, 1.165) is 24.5 Å². The van der Waals surface area contributed by atoms with Gasteiger partial charge in [-0.25, -0.2) is 26.8 Å². The fourth-order valence-corrected chi connectivity index (χ4v) is 5.96. The van der Waals surface area contributed by atoms with E-state index in [-0.39, 0.29) is 29.0 Å². The molecule has 186 valence electrons. The van der Waals surface area contributed by atoms with E-state index in [1.165, 1.54) is 12.1 Å². The van der Waals surface area contributed by atoms with Gasteiger partial charge in [0.15, 0.2) is 17.5 Å². The number of sulfonamides is 2. The van der Waals surface area contributed by atoms with Gasteiger partial charge in [0.1, 0.15) is 5.82 Å². The van der Waals surface area contributed by atoms with Crippen LogP contribution in [0.4, 0.5) is 17.3 Å². The Morgan fingerprint density at radius 2 is 1.59 bits per heavy atom. The molecule has 0 spiro atoms. The largest absolute Gasteiger partial charge is 0.382 e. The van der Waals surface area contributed by atoms with Crippen LogP contribution in [-0.4, -0.2) is 57.7 Å². The van der Waals surface area contributed by atoms with Crippen molar-refractivity contribution < 1.29 is 21.6 Å². The number of amides is 1. The number of unbranched alkanes of at least 4 members (excludes halogenated alkanes) is 1. The molecule has 2 rings (SSSR count). The number of nitrogens with two attached hydrogens (primary N) is 3. The molecule has 1 heterocycles. The standard InChI is InChI=1S/C19H28N8O5S2/c1-12-16(20)25-17(21)15(24-12)18(28)26-19(22)23-11-5-4-6-13-7-9-14(10-8-13)27(33(2,29)30)34(3,31)32/h7-10H,4-6,11H2,1-3H3,(H4,20,21,25)(H3,22,23,26,28). The zero-order valence-corrected chi connectivity index (χ0v) is 20.6. The van der Waals surface area contributed by atoms with E-state index < -0.39 is 26.0 Å². The number of nitrogen functional groups attached to an aromatic ring is 2. The molecule has 1 aromatic carbocycles. The van der Waals surface area contributed by atoms with Crippen molar-refractivity contribution in [2.45, 2.75) is 26.2 Å². The molecule has 0 fully saturated rings. The van der Waals surface area contributed by atoms with Gasteiger partial charge >= 0.3 is 0 Å². The maximum absolute atomic E-state index is 12.2. The molecule has 0 unspecified atom stereocenters. The topological polar surface area (TPSA) is 217 Å². The molecule has 2 aromatic rings. The Morgan fingerprint density at radius 1 is 1.00 bits per heavy atom. The fourth-order valence-electron chi connectivity index (χ4n) is 2.98. The molecule has 13 nitrogen and oxygen atoms in total. The van der Waals surface area contributed by atoms with Crippen molar-refractivity contribution in [3.05, 3.63) is 41.2 Å². The molecule has 0 atom stereocenters. The number of rotatable bonds is 9. The van der Waals surface area contributed by atoms with Gasteiger partial charge in [0.2, 0.25) is 20.0 Å². The van der Waals surface area contributed by atoms with Crippen molar-refractivity contribution in [3.8, 4) is 0 Å². The molecule has 0 aliphatic rings. The predicted molar refractivity (Wildman–Crippen MR) is 131 cm³/mol. The first-order valence-electron chi connectivity index (χ1n) is 10.0. The van der Waals surface area contributed by atoms with Crippen LogP contribution in [0.1, 0.15) is 34.6 Å². The second kappa shape index (κ2) is 10.6. The van der Waals surface area contributed by atoms with Crippen LogP contribution in [0.5, 0.6) is 0 Å². The Balaban J connectivity index is 1.88. The average Bonchev–Trinajstić information content (AvgIpc) is 2.69. The Hall–Kier alpha value is -3.46. The van der Waals surface area contributed by atoms with Gasteiger partial charge < -0.3 is 17.2 Å². The van der Waals surface area contributed by atoms with Crippen molar-refractivity contribution in [1.82, 2.24) is 15.3 Å². The maximum Gasteiger partial charge on any atom is 0.280 e. The van der Waals surface area contributed by atoms with E-state index in [0.29, 0.717) is 28.8 Å². The van der Waals surface area contributed by atoms with E-state index in [9.17, 15) is 21.6 Å². The van der Waals surface area contributed by atoms with Crippen molar-refractivity contribution in [2.75, 3.05) is 34.2 Å². The summed E-state index contributed by atoms with van der Waals surface area (Å²) in [5.41, 5.74) is 18.2. The van der Waals surface area contributed by atoms with Crippen molar-refractivity contribution >= 4 is 49.2 Å². The van der Waals surface area contributed by atoms with Gasteiger partial charge in [0, 0.05) is 6.54 Å². The number of anilines is 3. The molecular formula is C19H28N8O5S2. The number of carbonyl (C=O) groups is 1. The monoisotopic (exact) mass is 512 g/mol. The second-order valence-electron chi connectivity index (χ2n) is 7.50. The summed E-state index contributed by atoms with van der Waals surface area (Å²) in [4.78, 5) is 24.2. The fraction of sp³-hybridized carbons (Fsp3) is 0.368. The van der Waals surface area contributed by atoms with Crippen molar-refractivity contribution in [2.24, 2.45) is 10.7 Å². The van der Waals surface area contributed by atoms with Gasteiger partial charge in [-0.3, -0.25) is 15.1 Å². The molecule has 0 radical (unpaired) electrons. The number of aliphatic imine (C=N–C) groups is 1. The Labute approximate surface area is 198 Å². The number of carbonyl (C=O) groups excluding carboxylic acids is 1. The van der Waals surface area contributed by atoms with Crippen molar-refractivity contribution in [1.29, 1.82) is 0 Å². The van der Waals surface area contributed by atoms with Gasteiger partial charge in [-0.05, 0) is 43.9 Å². The van der Waals surface area contributed by atoms with Crippen LogP contribution >= 0.6 is 0 Å². The molecule has 7 N–H and O–H groups in total. The zero-order chi connectivity index (χ0) is 25.7. The quantitative estimate of drug-likeness (QED) is 0.196. The first-order chi connectivity index (χ1) is 15.7. The molecule has 0 aliphatic carbocycles. The summed E-state index contributed by atoms with van der Waals surface area (Å²) >= 11 is 0. The smallest absolute Gasteiger partial charge is 0.280 e. The van der Waals surface area contributed by atoms with E-state index in [1.807, 2.05) is 0 Å². The minimum absolute atomic E-state index is 0.0449. The minimum atomic E-state index is -3.99. The number of aromatic nitrogens is 2. The summed E-state index contributed by atoms with van der Waals surface area (Å²) in [6, 6.07) is 6.21. The molecular weight excluding hydrogens is 484 g/mol. The third kappa shape index (κ3) is 7.28. The summed E-state index contributed by atoms with van der Waals surface area (Å²) in [6.07, 6.45) is 3.68. The van der Waals surface area contributed by atoms with E-state index >= 15 is 0 Å². The Kier molecular flexibility index (Phi) is 8.39. The second-order valence-corrected chi connectivity index (χ2v) is 11.4. The Morgan fingerprint density at radius 3 is 2.15 bits per heavy atom. The molecule has 0 saturated carbocycles. The van der Waals surface area contributed by atoms with Crippen LogP contribution < -0.4 is 26.2 Å². The number of nitrogens with one attached hydrogen (secondary N) is 1. The molecule has 1 aromatic heterocycles. The lowest BCUT2D eigenvalue weighted by Gasteiger charge is -2.19. The minimum Gasteiger partial charge on any atom is -0.382 e. The highest BCUT2D eigenvalue weighted by Gasteiger charge is 2.27. The summed E-state index contributed by atoms with van der Waals surface area (Å²) < 4.78 is 47.7. The molecule has 0 bridgehead atoms. The highest BCUT2D eigenvalue weighted by atomic mass is 32.3. The summed E-state index contributed by atoms with van der Waals surface area (Å²) in [7, 11) is -7.97. The Bertz CT molecular complexity index is 1260. The summed E-state index contributed by atoms with van der Waals surface area (Å²) in [5, 5.41) is 2.40.